The Balaban J connectivity index is 0.831. The molecule has 9 rings (SSSR count). The second-order valence-corrected chi connectivity index (χ2v) is 17.8. The third kappa shape index (κ3) is 8.54. The summed E-state index contributed by atoms with van der Waals surface area (Å²) in [6, 6.07) is 12.8. The predicted octanol–water partition coefficient (Wildman–Crippen LogP) is 5.63. The Morgan fingerprint density at radius 2 is 1.60 bits per heavy atom. The molecule has 1 saturated carbocycles. The first kappa shape index (κ1) is 42.5. The summed E-state index contributed by atoms with van der Waals surface area (Å²) in [7, 11) is 3.96. The Kier molecular flexibility index (Phi) is 11.5. The van der Waals surface area contributed by atoms with Gasteiger partial charge in [-0.15, -0.1) is 0 Å². The molecule has 0 radical (unpaired) electrons. The molecule has 15 nitrogen and oxygen atoms in total. The minimum absolute atomic E-state index is 0.195. The van der Waals surface area contributed by atoms with Gasteiger partial charge in [0.1, 0.15) is 17.4 Å². The number of carbonyl (C=O) groups excluding carboxylic acids is 3. The average molecular weight is 871 g/mol. The van der Waals surface area contributed by atoms with Crippen LogP contribution < -0.4 is 26.1 Å². The molecule has 3 aromatic heterocycles. The molecule has 3 aliphatic heterocycles. The number of pyridine rings is 1. The van der Waals surface area contributed by atoms with Crippen LogP contribution in [0.4, 0.5) is 30.2 Å². The smallest absolute Gasteiger partial charge is 0.393 e. The zero-order chi connectivity index (χ0) is 44.2. The number of hydrogen-bond donors (Lipinski definition) is 3. The Morgan fingerprint density at radius 3 is 2.32 bits per heavy atom. The first-order valence-corrected chi connectivity index (χ1v) is 22.0. The maximum atomic E-state index is 13.5. The normalized spacial score (nSPS) is 22.0. The van der Waals surface area contributed by atoms with E-state index in [2.05, 4.69) is 37.4 Å². The average Bonchev–Trinajstić information content (AvgIpc) is 3.80. The molecule has 1 unspecified atom stereocenters. The second kappa shape index (κ2) is 17.1. The van der Waals surface area contributed by atoms with Crippen molar-refractivity contribution in [3.63, 3.8) is 0 Å². The number of piperidine rings is 3. The summed E-state index contributed by atoms with van der Waals surface area (Å²) in [6.45, 7) is 3.77. The van der Waals surface area contributed by atoms with Crippen molar-refractivity contribution in [2.45, 2.75) is 94.6 Å². The second-order valence-electron chi connectivity index (χ2n) is 17.8. The number of alkyl halides is 3. The number of nitrogens with one attached hydrogen (secondary N) is 2. The van der Waals surface area contributed by atoms with Gasteiger partial charge in [0, 0.05) is 63.8 Å². The van der Waals surface area contributed by atoms with Crippen molar-refractivity contribution in [1.29, 1.82) is 0 Å². The summed E-state index contributed by atoms with van der Waals surface area (Å²) < 4.78 is 45.4. The number of anilines is 3. The topological polar surface area (TPSA) is 163 Å². The van der Waals surface area contributed by atoms with Gasteiger partial charge >= 0.3 is 11.9 Å². The largest absolute Gasteiger partial charge is 0.433 e. The van der Waals surface area contributed by atoms with Gasteiger partial charge in [0.2, 0.25) is 11.8 Å². The highest BCUT2D eigenvalue weighted by Gasteiger charge is 2.35. The van der Waals surface area contributed by atoms with Crippen LogP contribution in [0.1, 0.15) is 92.5 Å². The molecule has 1 aliphatic carbocycles. The van der Waals surface area contributed by atoms with Crippen molar-refractivity contribution in [1.82, 2.24) is 34.1 Å². The number of halogens is 3. The van der Waals surface area contributed by atoms with Crippen molar-refractivity contribution >= 4 is 56.7 Å². The summed E-state index contributed by atoms with van der Waals surface area (Å²) in [4.78, 5) is 61.9. The van der Waals surface area contributed by atoms with E-state index in [1.807, 2.05) is 41.2 Å². The van der Waals surface area contributed by atoms with Crippen LogP contribution in [-0.4, -0.2) is 104 Å². The van der Waals surface area contributed by atoms with E-state index < -0.39 is 35.8 Å². The fourth-order valence-electron chi connectivity index (χ4n) is 10.2. The number of hydrogen-bond acceptors (Lipinski definition) is 10. The number of rotatable bonds is 9. The van der Waals surface area contributed by atoms with E-state index in [4.69, 9.17) is 5.10 Å². The zero-order valence-corrected chi connectivity index (χ0v) is 35.5. The Labute approximate surface area is 361 Å². The van der Waals surface area contributed by atoms with Gasteiger partial charge in [0.25, 0.3) is 5.91 Å². The van der Waals surface area contributed by atoms with Gasteiger partial charge in [0.15, 0.2) is 0 Å². The van der Waals surface area contributed by atoms with Crippen molar-refractivity contribution in [3.8, 4) is 0 Å². The standard InChI is InChI=1S/C45H53F3N10O5/c1-53(29-15-19-55(20-16-29)35-6-4-7-36-41(35)54(2)44(63)58(36)37-13-14-40(60)51-43(37)62)25-27-9-11-30(12-10-27)57-26-28-23-34(38(24-33(28)52-57)56-21-17-31(59)18-22-56)50-42(61)32-5-3-8-39(49-32)45(46,47)48/h3-8,23-24,26-27,29-31,37,59H,9-22,25H2,1-2H3,(H,50,61)(H,51,60,62)/t27-,30-,37?. The van der Waals surface area contributed by atoms with E-state index in [0.29, 0.717) is 61.2 Å². The van der Waals surface area contributed by atoms with Gasteiger partial charge < -0.3 is 25.1 Å². The predicted molar refractivity (Wildman–Crippen MR) is 232 cm³/mol. The number of benzene rings is 2. The van der Waals surface area contributed by atoms with Crippen molar-refractivity contribution in [3.05, 3.63) is 76.6 Å². The lowest BCUT2D eigenvalue weighted by molar-refractivity contribution is -0.141. The molecule has 18 heteroatoms. The highest BCUT2D eigenvalue weighted by molar-refractivity contribution is 6.06. The van der Waals surface area contributed by atoms with Gasteiger partial charge in [-0.25, -0.2) is 9.78 Å². The lowest BCUT2D eigenvalue weighted by Crippen LogP contribution is -2.45. The van der Waals surface area contributed by atoms with Crippen LogP contribution in [0.5, 0.6) is 0 Å². The molecular weight excluding hydrogens is 818 g/mol. The lowest BCUT2D eigenvalue weighted by Gasteiger charge is -2.40. The fraction of sp³-hybridized carbons (Fsp3) is 0.511. The van der Waals surface area contributed by atoms with Crippen LogP contribution in [0.2, 0.25) is 0 Å². The number of fused-ring (bicyclic) bond motifs is 2. The van der Waals surface area contributed by atoms with Crippen LogP contribution >= 0.6 is 0 Å². The summed E-state index contributed by atoms with van der Waals surface area (Å²) in [6.07, 6.45) is 4.47. The van der Waals surface area contributed by atoms with Crippen molar-refractivity contribution in [2.75, 3.05) is 54.9 Å². The van der Waals surface area contributed by atoms with Gasteiger partial charge in [-0.3, -0.25) is 33.5 Å². The highest BCUT2D eigenvalue weighted by atomic mass is 19.4. The molecule has 5 aromatic rings. The van der Waals surface area contributed by atoms with Crippen LogP contribution in [0.3, 0.4) is 0 Å². The van der Waals surface area contributed by atoms with Crippen LogP contribution in [0.25, 0.3) is 21.9 Å². The van der Waals surface area contributed by atoms with Crippen molar-refractivity contribution < 1.29 is 32.7 Å². The maximum absolute atomic E-state index is 13.5. The monoisotopic (exact) mass is 870 g/mol. The molecule has 3 saturated heterocycles. The van der Waals surface area contributed by atoms with Gasteiger partial charge in [-0.2, -0.15) is 18.3 Å². The summed E-state index contributed by atoms with van der Waals surface area (Å²) in [5, 5.41) is 21.2. The van der Waals surface area contributed by atoms with Crippen molar-refractivity contribution in [2.24, 2.45) is 13.0 Å². The first-order chi connectivity index (χ1) is 30.2. The number of para-hydroxylation sites is 1. The molecule has 0 bridgehead atoms. The van der Waals surface area contributed by atoms with E-state index in [1.165, 1.54) is 16.7 Å². The maximum Gasteiger partial charge on any atom is 0.433 e. The van der Waals surface area contributed by atoms with Gasteiger partial charge in [-0.1, -0.05) is 12.1 Å². The molecule has 2 aromatic carbocycles. The third-order valence-electron chi connectivity index (χ3n) is 13.7. The number of imidazole rings is 1. The minimum Gasteiger partial charge on any atom is -0.393 e. The number of aryl methyl sites for hydroxylation is 1. The minimum atomic E-state index is -4.68. The molecule has 6 heterocycles. The number of carbonyl (C=O) groups is 3. The van der Waals surface area contributed by atoms with E-state index in [-0.39, 0.29) is 29.8 Å². The molecule has 4 fully saturated rings. The Bertz CT molecular complexity index is 2600. The van der Waals surface area contributed by atoms with E-state index >= 15 is 0 Å². The van der Waals surface area contributed by atoms with Crippen LogP contribution in [0, 0.1) is 5.92 Å². The molecule has 3 N–H and O–H groups in total. The lowest BCUT2D eigenvalue weighted by atomic mass is 9.85. The Hall–Kier alpha value is -5.75. The molecular formula is C45H53F3N10O5. The van der Waals surface area contributed by atoms with Crippen LogP contribution in [0.15, 0.2) is 59.5 Å². The third-order valence-corrected chi connectivity index (χ3v) is 13.7. The quantitative estimate of drug-likeness (QED) is 0.159. The summed E-state index contributed by atoms with van der Waals surface area (Å²) >= 11 is 0. The fourth-order valence-corrected chi connectivity index (χ4v) is 10.2. The molecule has 1 atom stereocenters. The molecule has 63 heavy (non-hydrogen) atoms. The van der Waals surface area contributed by atoms with Gasteiger partial charge in [0.05, 0.1) is 45.8 Å². The van der Waals surface area contributed by atoms with Crippen LogP contribution in [-0.2, 0) is 22.8 Å². The highest BCUT2D eigenvalue weighted by Crippen LogP contribution is 2.38. The van der Waals surface area contributed by atoms with Gasteiger partial charge in [-0.05, 0) is 107 Å². The number of aliphatic hydroxyl groups is 1. The van der Waals surface area contributed by atoms with E-state index in [1.54, 1.807) is 11.6 Å². The van der Waals surface area contributed by atoms with E-state index in [0.717, 1.165) is 86.3 Å². The molecule has 0 spiro atoms. The first-order valence-electron chi connectivity index (χ1n) is 22.0. The number of imide groups is 1. The number of amides is 3. The molecule has 3 amide bonds. The summed E-state index contributed by atoms with van der Waals surface area (Å²) in [5.74, 6) is -0.964. The SMILES string of the molecule is CN(C[C@H]1CC[C@H](n2cc3cc(NC(=O)c4cccc(C(F)(F)F)n4)c(N4CCC(O)CC4)cc3n2)CC1)C1CCN(c2cccc3c2n(C)c(=O)n3C2CCC(=O)NC2=O)CC1. The number of aliphatic hydroxyl groups excluding tert-OH is 1. The Morgan fingerprint density at radius 1 is 0.905 bits per heavy atom. The summed E-state index contributed by atoms with van der Waals surface area (Å²) in [5.41, 5.74) is 2.62. The number of nitrogens with zero attached hydrogens (tertiary/aromatic N) is 8. The zero-order valence-electron chi connectivity index (χ0n) is 35.5. The number of aromatic nitrogens is 5. The van der Waals surface area contributed by atoms with E-state index in [9.17, 15) is 37.5 Å². The molecule has 4 aliphatic rings. The molecule has 334 valence electrons.